The number of nitrogen functional groups attached to an aromatic ring is 1. The number of benzene rings is 1. The zero-order valence-electron chi connectivity index (χ0n) is 10.9. The minimum absolute atomic E-state index is 0.627. The SMILES string of the molecule is Nc1c(-c2ccc(C3CC3)cc2)nc2ccc(Cl)cn12. The maximum Gasteiger partial charge on any atom is 0.139 e. The molecule has 0 aliphatic heterocycles. The third-order valence-corrected chi connectivity index (χ3v) is 4.08. The van der Waals surface area contributed by atoms with Crippen molar-refractivity contribution in [3.63, 3.8) is 0 Å². The first kappa shape index (κ1) is 11.8. The summed E-state index contributed by atoms with van der Waals surface area (Å²) in [6.07, 6.45) is 4.42. The molecule has 2 N–H and O–H groups in total. The van der Waals surface area contributed by atoms with Gasteiger partial charge in [0.1, 0.15) is 17.2 Å². The lowest BCUT2D eigenvalue weighted by Gasteiger charge is -2.02. The van der Waals surface area contributed by atoms with Gasteiger partial charge in [0.2, 0.25) is 0 Å². The van der Waals surface area contributed by atoms with Crippen LogP contribution in [0.3, 0.4) is 0 Å². The topological polar surface area (TPSA) is 43.3 Å². The summed E-state index contributed by atoms with van der Waals surface area (Å²) >= 11 is 6.00. The molecule has 4 rings (SSSR count). The largest absolute Gasteiger partial charge is 0.383 e. The number of imidazole rings is 1. The second kappa shape index (κ2) is 4.25. The van der Waals surface area contributed by atoms with Crippen molar-refractivity contribution in [3.05, 3.63) is 53.2 Å². The molecular formula is C16H14ClN3. The Morgan fingerprint density at radius 2 is 1.85 bits per heavy atom. The molecule has 0 spiro atoms. The lowest BCUT2D eigenvalue weighted by Crippen LogP contribution is -1.94. The van der Waals surface area contributed by atoms with E-state index >= 15 is 0 Å². The van der Waals surface area contributed by atoms with Gasteiger partial charge >= 0.3 is 0 Å². The Kier molecular flexibility index (Phi) is 2.51. The van der Waals surface area contributed by atoms with E-state index in [0.29, 0.717) is 10.8 Å². The molecule has 1 aliphatic carbocycles. The van der Waals surface area contributed by atoms with Gasteiger partial charge in [-0.2, -0.15) is 0 Å². The Morgan fingerprint density at radius 3 is 2.55 bits per heavy atom. The first-order chi connectivity index (χ1) is 9.72. The van der Waals surface area contributed by atoms with Crippen LogP contribution in [0, 0.1) is 0 Å². The van der Waals surface area contributed by atoms with Crippen molar-refractivity contribution in [2.24, 2.45) is 0 Å². The normalized spacial score (nSPS) is 14.8. The van der Waals surface area contributed by atoms with E-state index in [0.717, 1.165) is 22.8 Å². The van der Waals surface area contributed by atoms with Crippen molar-refractivity contribution in [3.8, 4) is 11.3 Å². The van der Waals surface area contributed by atoms with E-state index < -0.39 is 0 Å². The third-order valence-electron chi connectivity index (χ3n) is 3.85. The second-order valence-electron chi connectivity index (χ2n) is 5.32. The fraction of sp³-hybridized carbons (Fsp3) is 0.188. The zero-order valence-corrected chi connectivity index (χ0v) is 11.6. The predicted octanol–water partition coefficient (Wildman–Crippen LogP) is 4.11. The van der Waals surface area contributed by atoms with Crippen LogP contribution in [-0.4, -0.2) is 9.38 Å². The highest BCUT2D eigenvalue weighted by Gasteiger charge is 2.23. The summed E-state index contributed by atoms with van der Waals surface area (Å²) in [6, 6.07) is 12.3. The third kappa shape index (κ3) is 1.86. The van der Waals surface area contributed by atoms with E-state index in [1.54, 1.807) is 6.20 Å². The molecule has 0 amide bonds. The summed E-state index contributed by atoms with van der Waals surface area (Å²) in [7, 11) is 0. The van der Waals surface area contributed by atoms with Crippen molar-refractivity contribution < 1.29 is 0 Å². The molecule has 1 aliphatic rings. The summed E-state index contributed by atoms with van der Waals surface area (Å²) < 4.78 is 1.83. The second-order valence-corrected chi connectivity index (χ2v) is 5.75. The van der Waals surface area contributed by atoms with E-state index in [4.69, 9.17) is 17.3 Å². The van der Waals surface area contributed by atoms with Gasteiger partial charge in [0.05, 0.1) is 5.02 Å². The van der Waals surface area contributed by atoms with Crippen LogP contribution in [0.25, 0.3) is 16.9 Å². The molecule has 0 radical (unpaired) electrons. The standard InChI is InChI=1S/C16H14ClN3/c17-13-7-8-14-19-15(16(18)20(14)9-13)12-5-3-11(4-6-12)10-1-2-10/h3-10H,1-2,18H2. The Bertz CT molecular complexity index is 785. The van der Waals surface area contributed by atoms with E-state index in [1.165, 1.54) is 18.4 Å². The number of aromatic nitrogens is 2. The first-order valence-corrected chi connectivity index (χ1v) is 7.13. The van der Waals surface area contributed by atoms with E-state index in [2.05, 4.69) is 29.2 Å². The van der Waals surface area contributed by atoms with Crippen LogP contribution >= 0.6 is 11.6 Å². The summed E-state index contributed by atoms with van der Waals surface area (Å²) in [4.78, 5) is 4.59. The summed E-state index contributed by atoms with van der Waals surface area (Å²) in [5.41, 5.74) is 10.3. The molecule has 100 valence electrons. The number of hydrogen-bond donors (Lipinski definition) is 1. The molecular weight excluding hydrogens is 270 g/mol. The average Bonchev–Trinajstić information content (AvgIpc) is 3.26. The van der Waals surface area contributed by atoms with Crippen molar-refractivity contribution in [1.29, 1.82) is 0 Å². The monoisotopic (exact) mass is 283 g/mol. The summed E-state index contributed by atoms with van der Waals surface area (Å²) in [5, 5.41) is 0.650. The molecule has 1 fully saturated rings. The number of anilines is 1. The van der Waals surface area contributed by atoms with E-state index in [9.17, 15) is 0 Å². The number of halogens is 1. The first-order valence-electron chi connectivity index (χ1n) is 6.76. The number of rotatable bonds is 2. The Labute approximate surface area is 122 Å². The molecule has 3 nitrogen and oxygen atoms in total. The smallest absolute Gasteiger partial charge is 0.139 e. The highest BCUT2D eigenvalue weighted by molar-refractivity contribution is 6.30. The maximum absolute atomic E-state index is 6.19. The maximum atomic E-state index is 6.19. The van der Waals surface area contributed by atoms with Gasteiger partial charge in [-0.15, -0.1) is 0 Å². The van der Waals surface area contributed by atoms with E-state index in [-0.39, 0.29) is 0 Å². The molecule has 0 bridgehead atoms. The highest BCUT2D eigenvalue weighted by Crippen LogP contribution is 2.40. The van der Waals surface area contributed by atoms with E-state index in [1.807, 2.05) is 16.5 Å². The van der Waals surface area contributed by atoms with Crippen molar-refractivity contribution in [2.75, 3.05) is 5.73 Å². The van der Waals surface area contributed by atoms with Gasteiger partial charge in [0, 0.05) is 11.8 Å². The molecule has 2 aromatic heterocycles. The predicted molar refractivity (Wildman–Crippen MR) is 82.0 cm³/mol. The lowest BCUT2D eigenvalue weighted by atomic mass is 10.1. The average molecular weight is 284 g/mol. The fourth-order valence-electron chi connectivity index (χ4n) is 2.58. The molecule has 0 unspecified atom stereocenters. The lowest BCUT2D eigenvalue weighted by molar-refractivity contribution is 1.13. The molecule has 4 heteroatoms. The Balaban J connectivity index is 1.82. The summed E-state index contributed by atoms with van der Waals surface area (Å²) in [6.45, 7) is 0. The van der Waals surface area contributed by atoms with Gasteiger partial charge in [-0.3, -0.25) is 4.40 Å². The Hall–Kier alpha value is -2.00. The molecule has 0 saturated heterocycles. The zero-order chi connectivity index (χ0) is 13.7. The van der Waals surface area contributed by atoms with Crippen molar-refractivity contribution in [1.82, 2.24) is 9.38 Å². The molecule has 2 heterocycles. The van der Waals surface area contributed by atoms with Gasteiger partial charge in [-0.25, -0.2) is 4.98 Å². The van der Waals surface area contributed by atoms with Crippen LogP contribution in [0.1, 0.15) is 24.3 Å². The van der Waals surface area contributed by atoms with Gasteiger partial charge in [-0.05, 0) is 36.5 Å². The number of pyridine rings is 1. The number of nitrogens with zero attached hydrogens (tertiary/aromatic N) is 2. The van der Waals surface area contributed by atoms with Crippen LogP contribution in [0.5, 0.6) is 0 Å². The van der Waals surface area contributed by atoms with Gasteiger partial charge in [0.15, 0.2) is 0 Å². The van der Waals surface area contributed by atoms with Crippen LogP contribution in [0.4, 0.5) is 5.82 Å². The minimum Gasteiger partial charge on any atom is -0.383 e. The molecule has 3 aromatic rings. The number of hydrogen-bond acceptors (Lipinski definition) is 2. The number of fused-ring (bicyclic) bond motifs is 1. The molecule has 20 heavy (non-hydrogen) atoms. The minimum atomic E-state index is 0.627. The molecule has 1 saturated carbocycles. The Morgan fingerprint density at radius 1 is 1.10 bits per heavy atom. The van der Waals surface area contributed by atoms with Crippen LogP contribution in [0.2, 0.25) is 5.02 Å². The quantitative estimate of drug-likeness (QED) is 0.769. The number of nitrogens with two attached hydrogens (primary N) is 1. The van der Waals surface area contributed by atoms with Gasteiger partial charge < -0.3 is 5.73 Å². The van der Waals surface area contributed by atoms with Crippen molar-refractivity contribution in [2.45, 2.75) is 18.8 Å². The fourth-order valence-corrected chi connectivity index (χ4v) is 2.74. The van der Waals surface area contributed by atoms with Gasteiger partial charge in [-0.1, -0.05) is 35.9 Å². The van der Waals surface area contributed by atoms with Crippen LogP contribution in [0.15, 0.2) is 42.6 Å². The molecule has 1 aromatic carbocycles. The van der Waals surface area contributed by atoms with Crippen LogP contribution < -0.4 is 5.73 Å². The van der Waals surface area contributed by atoms with Gasteiger partial charge in [0.25, 0.3) is 0 Å². The molecule has 0 atom stereocenters. The van der Waals surface area contributed by atoms with Crippen LogP contribution in [-0.2, 0) is 0 Å². The van der Waals surface area contributed by atoms with Crippen molar-refractivity contribution >= 4 is 23.1 Å². The summed E-state index contributed by atoms with van der Waals surface area (Å²) in [5.74, 6) is 1.39. The highest BCUT2D eigenvalue weighted by atomic mass is 35.5.